The molecule has 0 bridgehead atoms. The average molecular weight is 243 g/mol. The second kappa shape index (κ2) is 4.54. The molecule has 1 atom stereocenters. The molecule has 1 aliphatic heterocycles. The first-order valence-electron chi connectivity index (χ1n) is 5.09. The second-order valence-electron chi connectivity index (χ2n) is 3.80. The Hall–Kier alpha value is -0.540. The second-order valence-corrected chi connectivity index (χ2v) is 5.75. The third-order valence-corrected chi connectivity index (χ3v) is 4.08. The molecule has 2 rings (SSSR count). The van der Waals surface area contributed by atoms with Gasteiger partial charge in [0.2, 0.25) is 0 Å². The van der Waals surface area contributed by atoms with Crippen LogP contribution in [0, 0.1) is 0 Å². The Bertz CT molecular complexity index is 356. The molecule has 1 aromatic rings. The maximum atomic E-state index is 6.01. The maximum absolute atomic E-state index is 6.01. The summed E-state index contributed by atoms with van der Waals surface area (Å²) in [5.74, 6) is 1.16. The van der Waals surface area contributed by atoms with Crippen LogP contribution < -0.4 is 10.6 Å². The highest BCUT2D eigenvalue weighted by Gasteiger charge is 2.19. The zero-order chi connectivity index (χ0) is 10.8. The van der Waals surface area contributed by atoms with E-state index in [1.807, 2.05) is 30.0 Å². The van der Waals surface area contributed by atoms with E-state index >= 15 is 0 Å². The van der Waals surface area contributed by atoms with Crippen LogP contribution >= 0.6 is 23.4 Å². The monoisotopic (exact) mass is 242 g/mol. The SMILES string of the molecule is CC1CN(c2cccc(Cl)c2N)CCS1. The Morgan fingerprint density at radius 2 is 2.33 bits per heavy atom. The molecule has 0 aromatic heterocycles. The summed E-state index contributed by atoms with van der Waals surface area (Å²) in [6.45, 7) is 4.35. The van der Waals surface area contributed by atoms with E-state index in [4.69, 9.17) is 17.3 Å². The third kappa shape index (κ3) is 2.34. The zero-order valence-corrected chi connectivity index (χ0v) is 10.3. The highest BCUT2D eigenvalue weighted by Crippen LogP contribution is 2.32. The normalized spacial score (nSPS) is 21.7. The summed E-state index contributed by atoms with van der Waals surface area (Å²) in [6, 6.07) is 5.84. The molecular formula is C11H15ClN2S. The Kier molecular flexibility index (Phi) is 3.32. The highest BCUT2D eigenvalue weighted by atomic mass is 35.5. The van der Waals surface area contributed by atoms with E-state index < -0.39 is 0 Å². The molecule has 0 aliphatic carbocycles. The molecule has 2 nitrogen and oxygen atoms in total. The van der Waals surface area contributed by atoms with E-state index in [9.17, 15) is 0 Å². The van der Waals surface area contributed by atoms with Gasteiger partial charge in [-0.25, -0.2) is 0 Å². The van der Waals surface area contributed by atoms with Gasteiger partial charge in [0.05, 0.1) is 16.4 Å². The fraction of sp³-hybridized carbons (Fsp3) is 0.455. The predicted octanol–water partition coefficient (Wildman–Crippen LogP) is 2.86. The molecule has 1 aromatic carbocycles. The van der Waals surface area contributed by atoms with E-state index in [1.165, 1.54) is 0 Å². The number of thioether (sulfide) groups is 1. The van der Waals surface area contributed by atoms with Crippen molar-refractivity contribution >= 4 is 34.7 Å². The van der Waals surface area contributed by atoms with Gasteiger partial charge in [0.15, 0.2) is 0 Å². The standard InChI is InChI=1S/C11H15ClN2S/c1-8-7-14(5-6-15-8)10-4-2-3-9(12)11(10)13/h2-4,8H,5-7,13H2,1H3. The Morgan fingerprint density at radius 1 is 1.53 bits per heavy atom. The number of para-hydroxylation sites is 1. The van der Waals surface area contributed by atoms with Crippen LogP contribution in [-0.4, -0.2) is 24.1 Å². The molecule has 1 fully saturated rings. The van der Waals surface area contributed by atoms with Crippen LogP contribution in [0.1, 0.15) is 6.92 Å². The number of halogens is 1. The molecule has 0 spiro atoms. The van der Waals surface area contributed by atoms with Crippen LogP contribution in [0.2, 0.25) is 5.02 Å². The van der Waals surface area contributed by atoms with Crippen molar-refractivity contribution in [3.05, 3.63) is 23.2 Å². The summed E-state index contributed by atoms with van der Waals surface area (Å²) < 4.78 is 0. The Labute approximate surface area is 99.8 Å². The molecule has 15 heavy (non-hydrogen) atoms. The first-order valence-corrected chi connectivity index (χ1v) is 6.51. The van der Waals surface area contributed by atoms with E-state index in [2.05, 4.69) is 11.8 Å². The van der Waals surface area contributed by atoms with Gasteiger partial charge < -0.3 is 10.6 Å². The molecule has 82 valence electrons. The lowest BCUT2D eigenvalue weighted by atomic mass is 10.2. The number of nitrogen functional groups attached to an aromatic ring is 1. The van der Waals surface area contributed by atoms with Gasteiger partial charge in [-0.2, -0.15) is 11.8 Å². The van der Waals surface area contributed by atoms with Gasteiger partial charge >= 0.3 is 0 Å². The summed E-state index contributed by atoms with van der Waals surface area (Å²) >= 11 is 8.02. The smallest absolute Gasteiger partial charge is 0.0741 e. The molecule has 0 saturated carbocycles. The van der Waals surface area contributed by atoms with Crippen LogP contribution in [0.25, 0.3) is 0 Å². The number of hydrogen-bond acceptors (Lipinski definition) is 3. The van der Waals surface area contributed by atoms with Gasteiger partial charge in [-0.15, -0.1) is 0 Å². The highest BCUT2D eigenvalue weighted by molar-refractivity contribution is 8.00. The largest absolute Gasteiger partial charge is 0.396 e. The topological polar surface area (TPSA) is 29.3 Å². The lowest BCUT2D eigenvalue weighted by molar-refractivity contribution is 0.784. The van der Waals surface area contributed by atoms with Crippen molar-refractivity contribution in [1.82, 2.24) is 0 Å². The molecule has 1 unspecified atom stereocenters. The van der Waals surface area contributed by atoms with Crippen molar-refractivity contribution in [2.75, 3.05) is 29.5 Å². The van der Waals surface area contributed by atoms with Gasteiger partial charge in [-0.1, -0.05) is 24.6 Å². The number of benzene rings is 1. The summed E-state index contributed by atoms with van der Waals surface area (Å²) in [5.41, 5.74) is 7.76. The fourth-order valence-electron chi connectivity index (χ4n) is 1.84. The molecular weight excluding hydrogens is 228 g/mol. The average Bonchev–Trinajstić information content (AvgIpc) is 2.22. The quantitative estimate of drug-likeness (QED) is 0.768. The summed E-state index contributed by atoms with van der Waals surface area (Å²) in [7, 11) is 0. The van der Waals surface area contributed by atoms with Crippen molar-refractivity contribution in [2.45, 2.75) is 12.2 Å². The Balaban J connectivity index is 2.24. The number of nitrogens with two attached hydrogens (primary N) is 1. The van der Waals surface area contributed by atoms with Crippen LogP contribution in [-0.2, 0) is 0 Å². The number of rotatable bonds is 1. The summed E-state index contributed by atoms with van der Waals surface area (Å²) in [4.78, 5) is 2.32. The van der Waals surface area contributed by atoms with E-state index in [0.717, 1.165) is 24.5 Å². The maximum Gasteiger partial charge on any atom is 0.0741 e. The predicted molar refractivity (Wildman–Crippen MR) is 70.0 cm³/mol. The van der Waals surface area contributed by atoms with Gasteiger partial charge in [0, 0.05) is 24.1 Å². The van der Waals surface area contributed by atoms with Crippen molar-refractivity contribution in [2.24, 2.45) is 0 Å². The zero-order valence-electron chi connectivity index (χ0n) is 8.74. The van der Waals surface area contributed by atoms with Crippen molar-refractivity contribution in [3.63, 3.8) is 0 Å². The van der Waals surface area contributed by atoms with E-state index in [1.54, 1.807) is 0 Å². The van der Waals surface area contributed by atoms with Gasteiger partial charge in [0.25, 0.3) is 0 Å². The molecule has 4 heteroatoms. The molecule has 0 amide bonds. The summed E-state index contributed by atoms with van der Waals surface area (Å²) in [6.07, 6.45) is 0. The number of nitrogens with zero attached hydrogens (tertiary/aromatic N) is 1. The van der Waals surface area contributed by atoms with E-state index in [-0.39, 0.29) is 0 Å². The lowest BCUT2D eigenvalue weighted by Gasteiger charge is -2.33. The fourth-order valence-corrected chi connectivity index (χ4v) is 3.02. The number of anilines is 2. The van der Waals surface area contributed by atoms with E-state index in [0.29, 0.717) is 16.0 Å². The molecule has 1 aliphatic rings. The minimum atomic E-state index is 0.651. The molecule has 1 saturated heterocycles. The van der Waals surface area contributed by atoms with Crippen LogP contribution in [0.4, 0.5) is 11.4 Å². The number of hydrogen-bond donors (Lipinski definition) is 1. The minimum Gasteiger partial charge on any atom is -0.396 e. The van der Waals surface area contributed by atoms with Crippen molar-refractivity contribution in [3.8, 4) is 0 Å². The van der Waals surface area contributed by atoms with Gasteiger partial charge in [-0.05, 0) is 12.1 Å². The van der Waals surface area contributed by atoms with Crippen LogP contribution in [0.15, 0.2) is 18.2 Å². The summed E-state index contributed by atoms with van der Waals surface area (Å²) in [5, 5.41) is 1.32. The van der Waals surface area contributed by atoms with Gasteiger partial charge in [-0.3, -0.25) is 0 Å². The molecule has 0 radical (unpaired) electrons. The van der Waals surface area contributed by atoms with Crippen LogP contribution in [0.3, 0.4) is 0 Å². The van der Waals surface area contributed by atoms with Crippen molar-refractivity contribution < 1.29 is 0 Å². The third-order valence-electron chi connectivity index (χ3n) is 2.61. The molecule has 1 heterocycles. The van der Waals surface area contributed by atoms with Crippen LogP contribution in [0.5, 0.6) is 0 Å². The molecule has 2 N–H and O–H groups in total. The Morgan fingerprint density at radius 3 is 3.07 bits per heavy atom. The first kappa shape index (κ1) is 11.0. The van der Waals surface area contributed by atoms with Crippen molar-refractivity contribution in [1.29, 1.82) is 0 Å². The van der Waals surface area contributed by atoms with Gasteiger partial charge in [0.1, 0.15) is 0 Å². The minimum absolute atomic E-state index is 0.651. The lowest BCUT2D eigenvalue weighted by Crippen LogP contribution is -2.37. The first-order chi connectivity index (χ1) is 7.18.